The number of benzene rings is 2. The Hall–Kier alpha value is -2.08. The van der Waals surface area contributed by atoms with E-state index in [1.165, 1.54) is 24.3 Å². The van der Waals surface area contributed by atoms with Gasteiger partial charge in [-0.2, -0.15) is 13.2 Å². The van der Waals surface area contributed by atoms with E-state index in [9.17, 15) is 17.6 Å². The summed E-state index contributed by atoms with van der Waals surface area (Å²) >= 11 is 0. The first-order chi connectivity index (χ1) is 11.4. The van der Waals surface area contributed by atoms with Crippen LogP contribution in [0.4, 0.5) is 23.2 Å². The molecule has 0 aromatic heterocycles. The zero-order valence-electron chi connectivity index (χ0n) is 13.1. The SMILES string of the molecule is Fc1ccc(N2CCN(Cc3ccccc3C(F)(F)F)CC2)cc1. The summed E-state index contributed by atoms with van der Waals surface area (Å²) in [5.41, 5.74) is 0.679. The molecule has 2 aromatic rings. The monoisotopic (exact) mass is 338 g/mol. The first-order valence-electron chi connectivity index (χ1n) is 7.81. The molecule has 0 spiro atoms. The molecule has 0 amide bonds. The summed E-state index contributed by atoms with van der Waals surface area (Å²) < 4.78 is 52.2. The summed E-state index contributed by atoms with van der Waals surface area (Å²) in [5.74, 6) is -0.277. The number of piperazine rings is 1. The minimum atomic E-state index is -4.33. The van der Waals surface area contributed by atoms with Gasteiger partial charge in [-0.15, -0.1) is 0 Å². The number of hydrogen-bond acceptors (Lipinski definition) is 2. The highest BCUT2D eigenvalue weighted by Gasteiger charge is 2.33. The molecule has 1 aliphatic heterocycles. The molecule has 0 radical (unpaired) electrons. The van der Waals surface area contributed by atoms with Crippen molar-refractivity contribution in [2.75, 3.05) is 31.1 Å². The van der Waals surface area contributed by atoms with Gasteiger partial charge in [-0.25, -0.2) is 4.39 Å². The average molecular weight is 338 g/mol. The van der Waals surface area contributed by atoms with Crippen molar-refractivity contribution >= 4 is 5.69 Å². The van der Waals surface area contributed by atoms with Crippen LogP contribution in [0.3, 0.4) is 0 Å². The van der Waals surface area contributed by atoms with Gasteiger partial charge in [0.1, 0.15) is 5.82 Å². The number of rotatable bonds is 3. The molecule has 0 N–H and O–H groups in total. The minimum absolute atomic E-state index is 0.277. The smallest absolute Gasteiger partial charge is 0.369 e. The lowest BCUT2D eigenvalue weighted by Gasteiger charge is -2.36. The average Bonchev–Trinajstić information content (AvgIpc) is 2.56. The molecule has 0 saturated carbocycles. The van der Waals surface area contributed by atoms with E-state index in [4.69, 9.17) is 0 Å². The maximum Gasteiger partial charge on any atom is 0.416 e. The van der Waals surface area contributed by atoms with E-state index in [0.717, 1.165) is 11.8 Å². The second-order valence-corrected chi connectivity index (χ2v) is 5.89. The van der Waals surface area contributed by atoms with Gasteiger partial charge in [0.15, 0.2) is 0 Å². The van der Waals surface area contributed by atoms with Crippen molar-refractivity contribution in [2.24, 2.45) is 0 Å². The molecule has 1 fully saturated rings. The fourth-order valence-electron chi connectivity index (χ4n) is 2.99. The van der Waals surface area contributed by atoms with Crippen LogP contribution in [-0.2, 0) is 12.7 Å². The second-order valence-electron chi connectivity index (χ2n) is 5.89. The van der Waals surface area contributed by atoms with E-state index in [-0.39, 0.29) is 12.4 Å². The molecule has 2 aromatic carbocycles. The third kappa shape index (κ3) is 3.87. The maximum atomic E-state index is 13.1. The summed E-state index contributed by atoms with van der Waals surface area (Å²) in [6.07, 6.45) is -4.33. The molecular weight excluding hydrogens is 320 g/mol. The zero-order valence-corrected chi connectivity index (χ0v) is 13.1. The summed E-state index contributed by atoms with van der Waals surface area (Å²) in [6.45, 7) is 3.04. The number of alkyl halides is 3. The highest BCUT2D eigenvalue weighted by atomic mass is 19.4. The quantitative estimate of drug-likeness (QED) is 0.775. The van der Waals surface area contributed by atoms with E-state index < -0.39 is 11.7 Å². The van der Waals surface area contributed by atoms with E-state index >= 15 is 0 Å². The lowest BCUT2D eigenvalue weighted by molar-refractivity contribution is -0.138. The summed E-state index contributed by atoms with van der Waals surface area (Å²) in [7, 11) is 0. The number of nitrogens with zero attached hydrogens (tertiary/aromatic N) is 2. The van der Waals surface area contributed by atoms with E-state index in [2.05, 4.69) is 4.90 Å². The predicted octanol–water partition coefficient (Wildman–Crippen LogP) is 4.17. The highest BCUT2D eigenvalue weighted by Crippen LogP contribution is 2.32. The Morgan fingerprint density at radius 3 is 2.08 bits per heavy atom. The maximum absolute atomic E-state index is 13.1. The predicted molar refractivity (Wildman–Crippen MR) is 85.3 cm³/mol. The molecule has 2 nitrogen and oxygen atoms in total. The molecule has 0 atom stereocenters. The number of anilines is 1. The number of halogens is 4. The molecule has 0 unspecified atom stereocenters. The van der Waals surface area contributed by atoms with Gasteiger partial charge < -0.3 is 4.90 Å². The molecule has 24 heavy (non-hydrogen) atoms. The van der Waals surface area contributed by atoms with Crippen molar-refractivity contribution in [3.63, 3.8) is 0 Å². The van der Waals surface area contributed by atoms with Crippen LogP contribution in [0.15, 0.2) is 48.5 Å². The van der Waals surface area contributed by atoms with Gasteiger partial charge in [-0.3, -0.25) is 4.90 Å². The van der Waals surface area contributed by atoms with Gasteiger partial charge in [-0.05, 0) is 35.9 Å². The zero-order chi connectivity index (χ0) is 17.2. The largest absolute Gasteiger partial charge is 0.416 e. The van der Waals surface area contributed by atoms with Crippen LogP contribution < -0.4 is 4.90 Å². The van der Waals surface area contributed by atoms with Crippen LogP contribution in [0.25, 0.3) is 0 Å². The Bertz CT molecular complexity index is 674. The van der Waals surface area contributed by atoms with Crippen LogP contribution in [0.2, 0.25) is 0 Å². The number of hydrogen-bond donors (Lipinski definition) is 0. The first kappa shape index (κ1) is 16.8. The molecule has 1 saturated heterocycles. The van der Waals surface area contributed by atoms with Gasteiger partial charge in [0.2, 0.25) is 0 Å². The molecule has 0 bridgehead atoms. The van der Waals surface area contributed by atoms with Crippen LogP contribution in [-0.4, -0.2) is 31.1 Å². The standard InChI is InChI=1S/C18H18F4N2/c19-15-5-7-16(8-6-15)24-11-9-23(10-12-24)13-14-3-1-2-4-17(14)18(20,21)22/h1-8H,9-13H2. The van der Waals surface area contributed by atoms with Crippen molar-refractivity contribution in [3.05, 3.63) is 65.5 Å². The minimum Gasteiger partial charge on any atom is -0.369 e. The molecular formula is C18H18F4N2. The van der Waals surface area contributed by atoms with Crippen LogP contribution in [0.1, 0.15) is 11.1 Å². The van der Waals surface area contributed by atoms with Crippen LogP contribution in [0, 0.1) is 5.82 Å². The molecule has 0 aliphatic carbocycles. The van der Waals surface area contributed by atoms with Gasteiger partial charge >= 0.3 is 6.18 Å². The summed E-state index contributed by atoms with van der Waals surface area (Å²) in [4.78, 5) is 4.14. The van der Waals surface area contributed by atoms with Gasteiger partial charge in [0, 0.05) is 38.4 Å². The van der Waals surface area contributed by atoms with Gasteiger partial charge in [-0.1, -0.05) is 18.2 Å². The van der Waals surface area contributed by atoms with E-state index in [1.807, 2.05) is 4.90 Å². The van der Waals surface area contributed by atoms with Crippen LogP contribution >= 0.6 is 0 Å². The Morgan fingerprint density at radius 2 is 1.46 bits per heavy atom. The topological polar surface area (TPSA) is 6.48 Å². The van der Waals surface area contributed by atoms with Crippen molar-refractivity contribution in [2.45, 2.75) is 12.7 Å². The Labute approximate surface area is 138 Å². The van der Waals surface area contributed by atoms with Crippen molar-refractivity contribution in [1.29, 1.82) is 0 Å². The summed E-state index contributed by atoms with van der Waals surface area (Å²) in [6, 6.07) is 12.0. The third-order valence-corrected chi connectivity index (χ3v) is 4.28. The van der Waals surface area contributed by atoms with E-state index in [0.29, 0.717) is 31.7 Å². The first-order valence-corrected chi connectivity index (χ1v) is 7.81. The van der Waals surface area contributed by atoms with Crippen molar-refractivity contribution < 1.29 is 17.6 Å². The fraction of sp³-hybridized carbons (Fsp3) is 0.333. The lowest BCUT2D eigenvalue weighted by atomic mass is 10.1. The Balaban J connectivity index is 1.63. The molecule has 1 aliphatic rings. The van der Waals surface area contributed by atoms with Gasteiger partial charge in [0.05, 0.1) is 5.56 Å². The normalized spacial score (nSPS) is 16.4. The lowest BCUT2D eigenvalue weighted by Crippen LogP contribution is -2.46. The fourth-order valence-corrected chi connectivity index (χ4v) is 2.99. The van der Waals surface area contributed by atoms with Crippen molar-refractivity contribution in [1.82, 2.24) is 4.90 Å². The molecule has 3 rings (SSSR count). The second kappa shape index (κ2) is 6.81. The van der Waals surface area contributed by atoms with E-state index in [1.54, 1.807) is 18.2 Å². The Morgan fingerprint density at radius 1 is 0.833 bits per heavy atom. The Kier molecular flexibility index (Phi) is 4.76. The highest BCUT2D eigenvalue weighted by molar-refractivity contribution is 5.46. The molecule has 128 valence electrons. The summed E-state index contributed by atoms with van der Waals surface area (Å²) in [5, 5.41) is 0. The molecule has 1 heterocycles. The van der Waals surface area contributed by atoms with Crippen LogP contribution in [0.5, 0.6) is 0 Å². The van der Waals surface area contributed by atoms with Crippen molar-refractivity contribution in [3.8, 4) is 0 Å². The molecule has 6 heteroatoms. The van der Waals surface area contributed by atoms with Gasteiger partial charge in [0.25, 0.3) is 0 Å². The third-order valence-electron chi connectivity index (χ3n) is 4.28.